The van der Waals surface area contributed by atoms with Crippen LogP contribution >= 0.6 is 11.9 Å². The second kappa shape index (κ2) is 8.71. The van der Waals surface area contributed by atoms with Gasteiger partial charge in [-0.2, -0.15) is 0 Å². The van der Waals surface area contributed by atoms with Gasteiger partial charge >= 0.3 is 6.03 Å². The number of ether oxygens (including phenoxy) is 1. The molecular weight excluding hydrogens is 402 g/mol. The molecule has 150 valence electrons. The third-order valence-electron chi connectivity index (χ3n) is 4.22. The SMILES string of the molecule is COc1ccc(C(=O)NC(=O)NSc2ccc3oc(-c4ccccc4)nc3c2)cc1. The zero-order valence-corrected chi connectivity index (χ0v) is 16.7. The first kappa shape index (κ1) is 19.5. The maximum atomic E-state index is 12.1. The number of hydrogen-bond acceptors (Lipinski definition) is 6. The molecule has 0 saturated carbocycles. The third-order valence-corrected chi connectivity index (χ3v) is 5.00. The Labute approximate surface area is 176 Å². The van der Waals surface area contributed by atoms with Crippen molar-refractivity contribution in [3.63, 3.8) is 0 Å². The summed E-state index contributed by atoms with van der Waals surface area (Å²) >= 11 is 1.08. The van der Waals surface area contributed by atoms with Gasteiger partial charge in [0.15, 0.2) is 5.58 Å². The number of hydrogen-bond donors (Lipinski definition) is 2. The Morgan fingerprint density at radius 2 is 1.77 bits per heavy atom. The van der Waals surface area contributed by atoms with Crippen molar-refractivity contribution in [2.24, 2.45) is 0 Å². The summed E-state index contributed by atoms with van der Waals surface area (Å²) < 4.78 is 13.4. The van der Waals surface area contributed by atoms with E-state index in [1.807, 2.05) is 36.4 Å². The molecule has 0 aliphatic heterocycles. The van der Waals surface area contributed by atoms with E-state index in [2.05, 4.69) is 15.0 Å². The molecule has 7 nitrogen and oxygen atoms in total. The average Bonchev–Trinajstić information content (AvgIpc) is 3.22. The average molecular weight is 419 g/mol. The fourth-order valence-electron chi connectivity index (χ4n) is 2.72. The molecule has 1 aromatic heterocycles. The first-order valence-electron chi connectivity index (χ1n) is 9.00. The van der Waals surface area contributed by atoms with E-state index in [4.69, 9.17) is 9.15 Å². The molecule has 0 bridgehead atoms. The molecule has 0 unspecified atom stereocenters. The van der Waals surface area contributed by atoms with Gasteiger partial charge in [-0.05, 0) is 66.5 Å². The quantitative estimate of drug-likeness (QED) is 0.458. The largest absolute Gasteiger partial charge is 0.497 e. The number of oxazole rings is 1. The van der Waals surface area contributed by atoms with Crippen LogP contribution in [0.1, 0.15) is 10.4 Å². The summed E-state index contributed by atoms with van der Waals surface area (Å²) in [6.07, 6.45) is 0. The van der Waals surface area contributed by atoms with Crippen molar-refractivity contribution in [2.75, 3.05) is 7.11 Å². The van der Waals surface area contributed by atoms with Gasteiger partial charge in [-0.1, -0.05) is 18.2 Å². The number of fused-ring (bicyclic) bond motifs is 1. The minimum atomic E-state index is -0.619. The molecule has 0 fully saturated rings. The summed E-state index contributed by atoms with van der Waals surface area (Å²) in [5.41, 5.74) is 2.57. The molecule has 8 heteroatoms. The van der Waals surface area contributed by atoms with Crippen LogP contribution in [0.15, 0.2) is 82.1 Å². The number of methoxy groups -OCH3 is 1. The molecule has 4 rings (SSSR count). The lowest BCUT2D eigenvalue weighted by molar-refractivity contribution is 0.0965. The standard InChI is InChI=1S/C22H17N3O4S/c1-28-16-9-7-14(8-10-16)20(26)24-22(27)25-30-17-11-12-19-18(13-17)23-21(29-19)15-5-3-2-4-6-15/h2-13H,1H3,(H2,24,25,26,27). The van der Waals surface area contributed by atoms with E-state index in [1.54, 1.807) is 43.5 Å². The molecule has 30 heavy (non-hydrogen) atoms. The summed E-state index contributed by atoms with van der Waals surface area (Å²) in [7, 11) is 1.54. The second-order valence-electron chi connectivity index (χ2n) is 6.23. The van der Waals surface area contributed by atoms with E-state index in [0.717, 1.165) is 22.4 Å². The number of rotatable bonds is 5. The van der Waals surface area contributed by atoms with Crippen LogP contribution in [0.5, 0.6) is 5.75 Å². The lowest BCUT2D eigenvalue weighted by Gasteiger charge is -2.06. The van der Waals surface area contributed by atoms with Gasteiger partial charge in [-0.15, -0.1) is 0 Å². The van der Waals surface area contributed by atoms with Gasteiger partial charge in [-0.3, -0.25) is 14.8 Å². The number of carbonyl (C=O) groups excluding carboxylic acids is 2. The van der Waals surface area contributed by atoms with Gasteiger partial charge in [-0.25, -0.2) is 9.78 Å². The summed E-state index contributed by atoms with van der Waals surface area (Å²) in [4.78, 5) is 29.4. The highest BCUT2D eigenvalue weighted by Gasteiger charge is 2.12. The van der Waals surface area contributed by atoms with E-state index in [0.29, 0.717) is 28.3 Å². The Hall–Kier alpha value is -3.78. The maximum absolute atomic E-state index is 12.1. The molecule has 0 atom stereocenters. The smallest absolute Gasteiger partial charge is 0.331 e. The van der Waals surface area contributed by atoms with Gasteiger partial charge in [0, 0.05) is 16.0 Å². The molecule has 0 saturated heterocycles. The van der Waals surface area contributed by atoms with Crippen LogP contribution in [-0.4, -0.2) is 24.0 Å². The molecule has 0 spiro atoms. The molecular formula is C22H17N3O4S. The van der Waals surface area contributed by atoms with Crippen LogP contribution in [-0.2, 0) is 0 Å². The van der Waals surface area contributed by atoms with Crippen molar-refractivity contribution >= 4 is 35.0 Å². The molecule has 3 aromatic carbocycles. The third kappa shape index (κ3) is 4.44. The fraction of sp³-hybridized carbons (Fsp3) is 0.0455. The second-order valence-corrected chi connectivity index (χ2v) is 7.11. The first-order valence-corrected chi connectivity index (χ1v) is 9.82. The number of nitrogens with one attached hydrogen (secondary N) is 2. The number of urea groups is 1. The highest BCUT2D eigenvalue weighted by Crippen LogP contribution is 2.27. The monoisotopic (exact) mass is 419 g/mol. The highest BCUT2D eigenvalue weighted by molar-refractivity contribution is 7.98. The van der Waals surface area contributed by atoms with Crippen LogP contribution in [0, 0.1) is 0 Å². The van der Waals surface area contributed by atoms with Crippen molar-refractivity contribution < 1.29 is 18.7 Å². The molecule has 2 N–H and O–H groups in total. The molecule has 0 aliphatic carbocycles. The Morgan fingerprint density at radius 1 is 1.00 bits per heavy atom. The fourth-order valence-corrected chi connectivity index (χ4v) is 3.29. The summed E-state index contributed by atoms with van der Waals surface area (Å²) in [6.45, 7) is 0. The molecule has 0 aliphatic rings. The van der Waals surface area contributed by atoms with E-state index >= 15 is 0 Å². The van der Waals surface area contributed by atoms with E-state index in [-0.39, 0.29) is 0 Å². The number of nitrogens with zero attached hydrogens (tertiary/aromatic N) is 1. The van der Waals surface area contributed by atoms with Gasteiger partial charge in [0.1, 0.15) is 11.3 Å². The van der Waals surface area contributed by atoms with Crippen molar-refractivity contribution in [3.05, 3.63) is 78.4 Å². The van der Waals surface area contributed by atoms with Crippen LogP contribution in [0.4, 0.5) is 4.79 Å². The lowest BCUT2D eigenvalue weighted by atomic mass is 10.2. The summed E-state index contributed by atoms with van der Waals surface area (Å²) in [6, 6.07) is 20.9. The zero-order valence-electron chi connectivity index (χ0n) is 15.9. The highest BCUT2D eigenvalue weighted by atomic mass is 32.2. The number of imide groups is 1. The molecule has 0 radical (unpaired) electrons. The number of aromatic nitrogens is 1. The first-order chi connectivity index (χ1) is 14.6. The maximum Gasteiger partial charge on any atom is 0.331 e. The summed E-state index contributed by atoms with van der Waals surface area (Å²) in [5, 5.41) is 2.28. The number of carbonyl (C=O) groups is 2. The Balaban J connectivity index is 1.38. The predicted octanol–water partition coefficient (Wildman–Crippen LogP) is 4.65. The van der Waals surface area contributed by atoms with Crippen LogP contribution in [0.25, 0.3) is 22.6 Å². The minimum absolute atomic E-state index is 0.355. The van der Waals surface area contributed by atoms with Crippen molar-refractivity contribution in [1.29, 1.82) is 0 Å². The van der Waals surface area contributed by atoms with E-state index in [1.165, 1.54) is 0 Å². The Bertz CT molecular complexity index is 1190. The van der Waals surface area contributed by atoms with Gasteiger partial charge in [0.2, 0.25) is 5.89 Å². The van der Waals surface area contributed by atoms with Crippen LogP contribution in [0.2, 0.25) is 0 Å². The van der Waals surface area contributed by atoms with E-state index < -0.39 is 11.9 Å². The van der Waals surface area contributed by atoms with Crippen molar-refractivity contribution in [3.8, 4) is 17.2 Å². The molecule has 1 heterocycles. The molecule has 3 amide bonds. The van der Waals surface area contributed by atoms with Crippen LogP contribution < -0.4 is 14.8 Å². The van der Waals surface area contributed by atoms with Gasteiger partial charge in [0.05, 0.1) is 7.11 Å². The normalized spacial score (nSPS) is 10.6. The topological polar surface area (TPSA) is 93.5 Å². The Morgan fingerprint density at radius 3 is 2.50 bits per heavy atom. The van der Waals surface area contributed by atoms with Gasteiger partial charge in [0.25, 0.3) is 5.91 Å². The van der Waals surface area contributed by atoms with Crippen molar-refractivity contribution in [1.82, 2.24) is 15.0 Å². The van der Waals surface area contributed by atoms with Gasteiger partial charge < -0.3 is 9.15 Å². The van der Waals surface area contributed by atoms with E-state index in [9.17, 15) is 9.59 Å². The Kier molecular flexibility index (Phi) is 5.67. The minimum Gasteiger partial charge on any atom is -0.497 e. The number of amides is 3. The summed E-state index contributed by atoms with van der Waals surface area (Å²) in [5.74, 6) is 0.656. The zero-order chi connectivity index (χ0) is 20.9. The lowest BCUT2D eigenvalue weighted by Crippen LogP contribution is -2.36. The van der Waals surface area contributed by atoms with Crippen molar-refractivity contribution in [2.45, 2.75) is 4.90 Å². The number of benzene rings is 3. The van der Waals surface area contributed by atoms with Crippen LogP contribution in [0.3, 0.4) is 0 Å². The predicted molar refractivity (Wildman–Crippen MR) is 114 cm³/mol. The molecule has 4 aromatic rings.